The summed E-state index contributed by atoms with van der Waals surface area (Å²) in [4.78, 5) is 22.9. The molecule has 2 fully saturated rings. The molecule has 2 aliphatic heterocycles. The maximum Gasteiger partial charge on any atom is 0.315 e. The molecule has 0 aliphatic carbocycles. The number of carbonyl (C=O) groups is 2. The van der Waals surface area contributed by atoms with Gasteiger partial charge in [-0.05, 0) is 26.0 Å². The molecule has 2 aliphatic rings. The Morgan fingerprint density at radius 1 is 1.48 bits per heavy atom. The second-order valence-corrected chi connectivity index (χ2v) is 7.81. The van der Waals surface area contributed by atoms with Crippen LogP contribution in [0.15, 0.2) is 0 Å². The summed E-state index contributed by atoms with van der Waals surface area (Å²) in [5.41, 5.74) is 0. The fraction of sp³-hybridized carbons (Fsp3) is 0.857. The third-order valence-electron chi connectivity index (χ3n) is 3.79. The minimum atomic E-state index is -0.0932. The van der Waals surface area contributed by atoms with Crippen molar-refractivity contribution >= 4 is 35.5 Å². The molecule has 21 heavy (non-hydrogen) atoms. The number of hydrogen-bond donors (Lipinski definition) is 2. The Bertz CT molecular complexity index is 381. The van der Waals surface area contributed by atoms with Gasteiger partial charge in [-0.2, -0.15) is 23.5 Å². The van der Waals surface area contributed by atoms with Gasteiger partial charge in [0.25, 0.3) is 0 Å². The number of fused-ring (bicyclic) bond motifs is 1. The van der Waals surface area contributed by atoms with E-state index in [2.05, 4.69) is 10.6 Å². The zero-order valence-electron chi connectivity index (χ0n) is 12.6. The minimum absolute atomic E-state index is 0.00146. The van der Waals surface area contributed by atoms with E-state index in [-0.39, 0.29) is 30.2 Å². The summed E-state index contributed by atoms with van der Waals surface area (Å²) in [6.45, 7) is 1.93. The number of ether oxygens (including phenoxy) is 1. The van der Waals surface area contributed by atoms with Gasteiger partial charge in [0.15, 0.2) is 0 Å². The summed E-state index contributed by atoms with van der Waals surface area (Å²) in [6.07, 6.45) is 5.41. The number of rotatable bonds is 8. The molecule has 0 bridgehead atoms. The number of carbonyl (C=O) groups excluding carboxylic acids is 2. The second kappa shape index (κ2) is 8.17. The highest BCUT2D eigenvalue weighted by molar-refractivity contribution is 8.00. The molecule has 120 valence electrons. The Labute approximate surface area is 134 Å². The molecule has 7 heteroatoms. The number of hydrogen-bond acceptors (Lipinski definition) is 5. The van der Waals surface area contributed by atoms with E-state index in [1.807, 2.05) is 24.9 Å². The number of unbranched alkanes of at least 4 members (excludes halogenated alkanes) is 1. The predicted octanol–water partition coefficient (Wildman–Crippen LogP) is 2.01. The van der Waals surface area contributed by atoms with E-state index in [4.69, 9.17) is 4.74 Å². The Balaban J connectivity index is 1.58. The highest BCUT2D eigenvalue weighted by Crippen LogP contribution is 2.33. The summed E-state index contributed by atoms with van der Waals surface area (Å²) < 4.78 is 5.31. The molecule has 0 aromatic carbocycles. The number of urea groups is 1. The summed E-state index contributed by atoms with van der Waals surface area (Å²) in [7, 11) is 0. The van der Waals surface area contributed by atoms with Gasteiger partial charge < -0.3 is 15.4 Å². The van der Waals surface area contributed by atoms with Gasteiger partial charge in [0, 0.05) is 23.2 Å². The Morgan fingerprint density at radius 3 is 3.05 bits per heavy atom. The van der Waals surface area contributed by atoms with Crippen molar-refractivity contribution < 1.29 is 14.3 Å². The molecule has 0 radical (unpaired) electrons. The van der Waals surface area contributed by atoms with Gasteiger partial charge in [0.05, 0.1) is 12.1 Å². The van der Waals surface area contributed by atoms with Crippen molar-refractivity contribution in [1.82, 2.24) is 10.6 Å². The van der Waals surface area contributed by atoms with Crippen LogP contribution in [0.5, 0.6) is 0 Å². The monoisotopic (exact) mass is 332 g/mol. The average molecular weight is 332 g/mol. The van der Waals surface area contributed by atoms with Crippen LogP contribution in [-0.2, 0) is 9.53 Å². The lowest BCUT2D eigenvalue weighted by Crippen LogP contribution is -2.36. The lowest BCUT2D eigenvalue weighted by molar-refractivity contribution is -0.147. The Kier molecular flexibility index (Phi) is 6.54. The van der Waals surface area contributed by atoms with Crippen molar-refractivity contribution in [2.45, 2.75) is 56.0 Å². The maximum atomic E-state index is 11.6. The zero-order valence-corrected chi connectivity index (χ0v) is 14.2. The molecule has 0 unspecified atom stereocenters. The molecule has 5 nitrogen and oxygen atoms in total. The third-order valence-corrected chi connectivity index (χ3v) is 6.10. The van der Waals surface area contributed by atoms with E-state index in [9.17, 15) is 9.59 Å². The van der Waals surface area contributed by atoms with Crippen molar-refractivity contribution in [2.75, 3.05) is 17.8 Å². The zero-order chi connectivity index (χ0) is 15.2. The average Bonchev–Trinajstić information content (AvgIpc) is 2.94. The topological polar surface area (TPSA) is 67.4 Å². The standard InChI is InChI=1S/C14H24N2O3S2/c1-9(7-20-2)19-12(17)6-4-3-5-11-13-10(8-21-11)15-14(18)16-13/h9-11,13H,3-8H2,1-2H3,(H2,15,16,18)/t9-,10+,11-,13+/m0/s1. The molecule has 0 aromatic heterocycles. The van der Waals surface area contributed by atoms with Gasteiger partial charge in [-0.3, -0.25) is 4.79 Å². The molecule has 0 aromatic rings. The molecule has 2 saturated heterocycles. The van der Waals surface area contributed by atoms with Crippen molar-refractivity contribution in [1.29, 1.82) is 0 Å². The number of amides is 2. The first-order valence-electron chi connectivity index (χ1n) is 7.47. The fourth-order valence-corrected chi connectivity index (χ4v) is 4.89. The molecular weight excluding hydrogens is 308 g/mol. The number of thioether (sulfide) groups is 2. The number of esters is 1. The van der Waals surface area contributed by atoms with E-state index < -0.39 is 0 Å². The van der Waals surface area contributed by atoms with Gasteiger partial charge in [-0.1, -0.05) is 6.42 Å². The van der Waals surface area contributed by atoms with E-state index in [0.717, 1.165) is 30.8 Å². The Hall–Kier alpha value is -0.560. The first kappa shape index (κ1) is 16.8. The van der Waals surface area contributed by atoms with Crippen LogP contribution < -0.4 is 10.6 Å². The van der Waals surface area contributed by atoms with E-state index in [0.29, 0.717) is 11.7 Å². The van der Waals surface area contributed by atoms with E-state index in [1.54, 1.807) is 11.8 Å². The van der Waals surface area contributed by atoms with Crippen LogP contribution in [0.2, 0.25) is 0 Å². The van der Waals surface area contributed by atoms with Crippen LogP contribution >= 0.6 is 23.5 Å². The lowest BCUT2D eigenvalue weighted by Gasteiger charge is -2.16. The smallest absolute Gasteiger partial charge is 0.315 e. The number of nitrogens with one attached hydrogen (secondary N) is 2. The van der Waals surface area contributed by atoms with Gasteiger partial charge in [0.1, 0.15) is 6.10 Å². The summed E-state index contributed by atoms with van der Waals surface area (Å²) >= 11 is 3.60. The normalized spacial score (nSPS) is 28.7. The van der Waals surface area contributed by atoms with Crippen molar-refractivity contribution in [3.05, 3.63) is 0 Å². The second-order valence-electron chi connectivity index (χ2n) is 5.62. The predicted molar refractivity (Wildman–Crippen MR) is 87.9 cm³/mol. The van der Waals surface area contributed by atoms with Crippen LogP contribution in [0, 0.1) is 0 Å². The van der Waals surface area contributed by atoms with Crippen molar-refractivity contribution in [2.24, 2.45) is 0 Å². The molecule has 2 heterocycles. The SMILES string of the molecule is CSC[C@H](C)OC(=O)CCCC[C@@H]1SC[C@H]2NC(=O)N[C@@H]12. The van der Waals surface area contributed by atoms with Gasteiger partial charge in [-0.25, -0.2) is 4.79 Å². The fourth-order valence-electron chi connectivity index (χ4n) is 2.81. The minimum Gasteiger partial charge on any atom is -0.462 e. The highest BCUT2D eigenvalue weighted by Gasteiger charge is 2.42. The van der Waals surface area contributed by atoms with Crippen LogP contribution in [-0.4, -0.2) is 53.2 Å². The lowest BCUT2D eigenvalue weighted by atomic mass is 10.0. The highest BCUT2D eigenvalue weighted by atomic mass is 32.2. The molecule has 2 N–H and O–H groups in total. The van der Waals surface area contributed by atoms with Crippen molar-refractivity contribution in [3.63, 3.8) is 0 Å². The van der Waals surface area contributed by atoms with E-state index in [1.165, 1.54) is 0 Å². The van der Waals surface area contributed by atoms with E-state index >= 15 is 0 Å². The molecule has 2 rings (SSSR count). The summed E-state index contributed by atoms with van der Waals surface area (Å²) in [5.74, 6) is 1.74. The summed E-state index contributed by atoms with van der Waals surface area (Å²) in [6, 6.07) is 0.502. The first-order valence-corrected chi connectivity index (χ1v) is 9.91. The van der Waals surface area contributed by atoms with Crippen LogP contribution in [0.4, 0.5) is 4.79 Å². The molecular formula is C14H24N2O3S2. The largest absolute Gasteiger partial charge is 0.462 e. The van der Waals surface area contributed by atoms with Crippen LogP contribution in [0.3, 0.4) is 0 Å². The summed E-state index contributed by atoms with van der Waals surface area (Å²) in [5, 5.41) is 6.40. The molecule has 0 spiro atoms. The molecule has 0 saturated carbocycles. The van der Waals surface area contributed by atoms with Gasteiger partial charge in [-0.15, -0.1) is 0 Å². The maximum absolute atomic E-state index is 11.6. The molecule has 2 amide bonds. The van der Waals surface area contributed by atoms with Gasteiger partial charge in [0.2, 0.25) is 0 Å². The Morgan fingerprint density at radius 2 is 2.29 bits per heavy atom. The third kappa shape index (κ3) is 4.98. The van der Waals surface area contributed by atoms with Crippen LogP contribution in [0.25, 0.3) is 0 Å². The van der Waals surface area contributed by atoms with Gasteiger partial charge >= 0.3 is 12.0 Å². The van der Waals surface area contributed by atoms with Crippen LogP contribution in [0.1, 0.15) is 32.6 Å². The molecule has 4 atom stereocenters. The first-order chi connectivity index (χ1) is 10.1. The van der Waals surface area contributed by atoms with Crippen molar-refractivity contribution in [3.8, 4) is 0 Å². The quantitative estimate of drug-likeness (QED) is 0.404.